The molecule has 1 saturated heterocycles. The van der Waals surface area contributed by atoms with Crippen LogP contribution in [0.4, 0.5) is 0 Å². The molecule has 4 aromatic rings. The summed E-state index contributed by atoms with van der Waals surface area (Å²) in [5, 5.41) is 18.4. The van der Waals surface area contributed by atoms with Gasteiger partial charge in [-0.05, 0) is 104 Å². The molecular weight excluding hydrogens is 587 g/mol. The van der Waals surface area contributed by atoms with Gasteiger partial charge in [-0.1, -0.05) is 80.0 Å². The lowest BCUT2D eigenvalue weighted by Crippen LogP contribution is -2.36. The molecule has 7 heteroatoms. The zero-order valence-electron chi connectivity index (χ0n) is 26.3. The summed E-state index contributed by atoms with van der Waals surface area (Å²) in [5.41, 5.74) is 4.43. The van der Waals surface area contributed by atoms with Crippen LogP contribution in [0.25, 0.3) is 22.0 Å². The van der Waals surface area contributed by atoms with Gasteiger partial charge in [0.25, 0.3) is 0 Å². The van der Waals surface area contributed by atoms with E-state index in [2.05, 4.69) is 28.9 Å². The summed E-state index contributed by atoms with van der Waals surface area (Å²) >= 11 is 12.7. The standard InChI is InChI=1S/C35H38Cl2N4O.C2H6/c1-4-34(40(3)5-2)35(42,26-11-14-28(36)15-12-26)27-13-16-33-32(22-27)31(25-9-8-10-29(37)21-25)23-30(39-33)24-38-17-20-41-18-6-7-19-41;1-2/h4-5,8-16,21-23,38,42H,2,6-7,17-20,24H2,1,3H3;1-2H3/b34-4-;. The number of benzene rings is 3. The maximum absolute atomic E-state index is 12.6. The Morgan fingerprint density at radius 3 is 2.36 bits per heavy atom. The van der Waals surface area contributed by atoms with Gasteiger partial charge in [0.05, 0.1) is 16.9 Å². The van der Waals surface area contributed by atoms with Crippen LogP contribution in [0.15, 0.2) is 97.3 Å². The molecule has 0 bridgehead atoms. The summed E-state index contributed by atoms with van der Waals surface area (Å²) in [5.74, 6) is 0. The largest absolute Gasteiger partial charge is 0.375 e. The van der Waals surface area contributed by atoms with Gasteiger partial charge < -0.3 is 20.2 Å². The number of hydrogen-bond acceptors (Lipinski definition) is 5. The molecule has 0 amide bonds. The van der Waals surface area contributed by atoms with Gasteiger partial charge in [-0.3, -0.25) is 4.98 Å². The van der Waals surface area contributed by atoms with Crippen LogP contribution < -0.4 is 5.32 Å². The number of nitrogens with one attached hydrogen (secondary N) is 1. The normalized spacial score (nSPS) is 15.0. The predicted molar refractivity (Wildman–Crippen MR) is 187 cm³/mol. The van der Waals surface area contributed by atoms with E-state index in [1.54, 1.807) is 18.3 Å². The lowest BCUT2D eigenvalue weighted by Gasteiger charge is -2.36. The van der Waals surface area contributed by atoms with Crippen LogP contribution >= 0.6 is 23.2 Å². The molecule has 1 aromatic heterocycles. The fourth-order valence-corrected chi connectivity index (χ4v) is 6.19. The second-order valence-electron chi connectivity index (χ2n) is 10.8. The first-order valence-corrected chi connectivity index (χ1v) is 16.2. The Morgan fingerprint density at radius 1 is 1.00 bits per heavy atom. The number of rotatable bonds is 11. The summed E-state index contributed by atoms with van der Waals surface area (Å²) in [4.78, 5) is 9.37. The molecule has 0 spiro atoms. The number of nitrogens with zero attached hydrogens (tertiary/aromatic N) is 3. The van der Waals surface area contributed by atoms with Gasteiger partial charge in [-0.15, -0.1) is 0 Å². The van der Waals surface area contributed by atoms with E-state index in [-0.39, 0.29) is 0 Å². The lowest BCUT2D eigenvalue weighted by molar-refractivity contribution is 0.0970. The maximum Gasteiger partial charge on any atom is 0.155 e. The van der Waals surface area contributed by atoms with Crippen LogP contribution in [0, 0.1) is 0 Å². The van der Waals surface area contributed by atoms with Crippen molar-refractivity contribution in [2.75, 3.05) is 33.2 Å². The Balaban J connectivity index is 0.00000216. The highest BCUT2D eigenvalue weighted by Crippen LogP contribution is 2.41. The van der Waals surface area contributed by atoms with Crippen LogP contribution in [0.2, 0.25) is 10.0 Å². The van der Waals surface area contributed by atoms with Gasteiger partial charge in [0.1, 0.15) is 0 Å². The van der Waals surface area contributed by atoms with Crippen molar-refractivity contribution >= 4 is 34.1 Å². The number of halogens is 2. The van der Waals surface area contributed by atoms with Crippen LogP contribution in [0.1, 0.15) is 50.4 Å². The van der Waals surface area contributed by atoms with Crippen molar-refractivity contribution in [3.63, 3.8) is 0 Å². The average Bonchev–Trinajstić information content (AvgIpc) is 3.57. The number of fused-ring (bicyclic) bond motifs is 1. The van der Waals surface area contributed by atoms with E-state index in [1.807, 2.05) is 87.3 Å². The highest BCUT2D eigenvalue weighted by atomic mass is 35.5. The van der Waals surface area contributed by atoms with Crippen molar-refractivity contribution in [1.82, 2.24) is 20.1 Å². The van der Waals surface area contributed by atoms with Gasteiger partial charge in [0.2, 0.25) is 0 Å². The number of likely N-dealkylation sites (tertiary alicyclic amines) is 1. The molecular formula is C37H44Cl2N4O. The minimum Gasteiger partial charge on any atom is -0.375 e. The number of hydrogen-bond donors (Lipinski definition) is 2. The van der Waals surface area contributed by atoms with Crippen LogP contribution in [-0.2, 0) is 12.1 Å². The minimum atomic E-state index is -1.47. The molecule has 0 aliphatic carbocycles. The molecule has 1 aliphatic rings. The second-order valence-corrected chi connectivity index (χ2v) is 11.7. The van der Waals surface area contributed by atoms with Crippen molar-refractivity contribution in [2.45, 2.75) is 45.8 Å². The number of pyridine rings is 1. The van der Waals surface area contributed by atoms with Crippen LogP contribution in [0.3, 0.4) is 0 Å². The molecule has 5 nitrogen and oxygen atoms in total. The van der Waals surface area contributed by atoms with Crippen molar-refractivity contribution in [3.05, 3.63) is 124 Å². The molecule has 1 atom stereocenters. The van der Waals surface area contributed by atoms with Gasteiger partial charge in [0.15, 0.2) is 5.60 Å². The van der Waals surface area contributed by atoms with Crippen LogP contribution in [-0.4, -0.2) is 53.1 Å². The summed E-state index contributed by atoms with van der Waals surface area (Å²) in [6.07, 6.45) is 6.19. The predicted octanol–water partition coefficient (Wildman–Crippen LogP) is 8.64. The summed E-state index contributed by atoms with van der Waals surface area (Å²) < 4.78 is 0. The Kier molecular flexibility index (Phi) is 12.0. The van der Waals surface area contributed by atoms with E-state index in [0.717, 1.165) is 40.8 Å². The van der Waals surface area contributed by atoms with E-state index in [1.165, 1.54) is 25.9 Å². The van der Waals surface area contributed by atoms with Crippen molar-refractivity contribution < 1.29 is 5.11 Å². The smallest absolute Gasteiger partial charge is 0.155 e. The first-order valence-electron chi connectivity index (χ1n) is 15.5. The SMILES string of the molecule is C=CN(C)/C(=C\C)C(O)(c1ccc(Cl)cc1)c1ccc2nc(CNCCN3CCCC3)cc(-c3cccc(Cl)c3)c2c1.CC. The molecule has 0 saturated carbocycles. The summed E-state index contributed by atoms with van der Waals surface area (Å²) in [6.45, 7) is 14.9. The maximum atomic E-state index is 12.6. The number of allylic oxidation sites excluding steroid dienone is 1. The van der Waals surface area contributed by atoms with Gasteiger partial charge in [-0.2, -0.15) is 0 Å². The van der Waals surface area contributed by atoms with E-state index in [9.17, 15) is 5.11 Å². The monoisotopic (exact) mass is 630 g/mol. The Labute approximate surface area is 272 Å². The molecule has 44 heavy (non-hydrogen) atoms. The number of likely N-dealkylation sites (N-methyl/N-ethyl adjacent to an activating group) is 1. The first kappa shape index (κ1) is 33.7. The van der Waals surface area contributed by atoms with E-state index in [0.29, 0.717) is 33.4 Å². The van der Waals surface area contributed by atoms with Gasteiger partial charge in [0, 0.05) is 42.1 Å². The fourth-order valence-electron chi connectivity index (χ4n) is 5.87. The molecule has 0 radical (unpaired) electrons. The van der Waals surface area contributed by atoms with E-state index >= 15 is 0 Å². The Bertz CT molecular complexity index is 1580. The molecule has 232 valence electrons. The molecule has 2 N–H and O–H groups in total. The van der Waals surface area contributed by atoms with Crippen LogP contribution in [0.5, 0.6) is 0 Å². The topological polar surface area (TPSA) is 51.6 Å². The fraction of sp³-hybridized carbons (Fsp3) is 0.324. The molecule has 1 unspecified atom stereocenters. The highest BCUT2D eigenvalue weighted by molar-refractivity contribution is 6.31. The molecule has 1 fully saturated rings. The van der Waals surface area contributed by atoms with Gasteiger partial charge in [-0.25, -0.2) is 0 Å². The lowest BCUT2D eigenvalue weighted by atomic mass is 9.81. The van der Waals surface area contributed by atoms with Gasteiger partial charge >= 0.3 is 0 Å². The molecule has 3 aromatic carbocycles. The Morgan fingerprint density at radius 2 is 1.70 bits per heavy atom. The quantitative estimate of drug-likeness (QED) is 0.162. The first-order chi connectivity index (χ1) is 21.3. The third-order valence-electron chi connectivity index (χ3n) is 8.08. The van der Waals surface area contributed by atoms with E-state index < -0.39 is 5.60 Å². The third kappa shape index (κ3) is 7.53. The zero-order valence-corrected chi connectivity index (χ0v) is 27.8. The van der Waals surface area contributed by atoms with E-state index in [4.69, 9.17) is 28.2 Å². The van der Waals surface area contributed by atoms with Crippen molar-refractivity contribution in [3.8, 4) is 11.1 Å². The second kappa shape index (κ2) is 15.7. The number of aliphatic hydroxyl groups is 1. The summed E-state index contributed by atoms with van der Waals surface area (Å²) in [6, 6.07) is 23.3. The number of aromatic nitrogens is 1. The Hall–Kier alpha value is -3.19. The zero-order chi connectivity index (χ0) is 31.7. The average molecular weight is 632 g/mol. The molecule has 1 aliphatic heterocycles. The van der Waals surface area contributed by atoms with Crippen molar-refractivity contribution in [2.24, 2.45) is 0 Å². The minimum absolute atomic E-state index is 0.604. The highest BCUT2D eigenvalue weighted by Gasteiger charge is 2.37. The molecule has 5 rings (SSSR count). The van der Waals surface area contributed by atoms with Crippen molar-refractivity contribution in [1.29, 1.82) is 0 Å². The third-order valence-corrected chi connectivity index (χ3v) is 8.57. The molecule has 2 heterocycles. The summed E-state index contributed by atoms with van der Waals surface area (Å²) in [7, 11) is 1.88.